The first kappa shape index (κ1) is 9.67. The third-order valence-corrected chi connectivity index (χ3v) is 3.64. The van der Waals surface area contributed by atoms with Crippen molar-refractivity contribution in [3.05, 3.63) is 9.81 Å². The van der Waals surface area contributed by atoms with Crippen LogP contribution in [0.4, 0.5) is 0 Å². The summed E-state index contributed by atoms with van der Waals surface area (Å²) in [4.78, 5) is 11.2. The van der Waals surface area contributed by atoms with E-state index in [9.17, 15) is 4.79 Å². The average molecular weight is 202 g/mol. The second-order valence-corrected chi connectivity index (χ2v) is 4.10. The van der Waals surface area contributed by atoms with Crippen LogP contribution in [0.3, 0.4) is 0 Å². The second kappa shape index (κ2) is 4.00. The van der Waals surface area contributed by atoms with Crippen molar-refractivity contribution in [1.29, 1.82) is 0 Å². The van der Waals surface area contributed by atoms with Crippen LogP contribution in [0.15, 0.2) is 14.9 Å². The number of carbonyl (C=O) groups excluding carboxylic acids is 1. The van der Waals surface area contributed by atoms with E-state index in [2.05, 4.69) is 10.5 Å². The summed E-state index contributed by atoms with van der Waals surface area (Å²) in [6, 6.07) is 0. The first-order valence-corrected chi connectivity index (χ1v) is 5.83. The zero-order chi connectivity index (χ0) is 9.14. The molecule has 0 saturated heterocycles. The highest BCUT2D eigenvalue weighted by Gasteiger charge is 2.22. The Bertz CT molecular complexity index is 265. The Labute approximate surface area is 80.1 Å². The van der Waals surface area contributed by atoms with Gasteiger partial charge in [0.2, 0.25) is 0 Å². The molecule has 1 heterocycles. The van der Waals surface area contributed by atoms with Crippen LogP contribution in [0.1, 0.15) is 6.92 Å². The maximum atomic E-state index is 11.2. The molecular weight excluding hydrogens is 192 g/mol. The molecule has 0 radical (unpaired) electrons. The van der Waals surface area contributed by atoms with Crippen molar-refractivity contribution < 1.29 is 4.79 Å². The summed E-state index contributed by atoms with van der Waals surface area (Å²) in [5.74, 6) is -0.0915. The summed E-state index contributed by atoms with van der Waals surface area (Å²) in [7, 11) is 0. The highest BCUT2D eigenvalue weighted by Crippen LogP contribution is 2.29. The average Bonchev–Trinajstić information content (AvgIpc) is 2.38. The number of hydrogen-bond acceptors (Lipinski definition) is 4. The van der Waals surface area contributed by atoms with E-state index in [1.165, 1.54) is 0 Å². The number of thioether (sulfide) groups is 2. The topological polar surface area (TPSA) is 41.5 Å². The van der Waals surface area contributed by atoms with Crippen LogP contribution in [0, 0.1) is 0 Å². The Morgan fingerprint density at radius 2 is 2.00 bits per heavy atom. The Hall–Kier alpha value is -0.420. The first-order chi connectivity index (χ1) is 5.70. The van der Waals surface area contributed by atoms with Gasteiger partial charge in [-0.3, -0.25) is 4.79 Å². The van der Waals surface area contributed by atoms with Crippen LogP contribution in [0.2, 0.25) is 0 Å². The van der Waals surface area contributed by atoms with Gasteiger partial charge in [0.05, 0.1) is 15.5 Å². The molecule has 5 heteroatoms. The van der Waals surface area contributed by atoms with E-state index in [-0.39, 0.29) is 5.91 Å². The van der Waals surface area contributed by atoms with Gasteiger partial charge in [-0.05, 0) is 19.4 Å². The number of carbonyl (C=O) groups is 1. The van der Waals surface area contributed by atoms with Gasteiger partial charge in [0.15, 0.2) is 0 Å². The number of hydrazone groups is 1. The molecule has 12 heavy (non-hydrogen) atoms. The van der Waals surface area contributed by atoms with Crippen molar-refractivity contribution in [2.45, 2.75) is 6.92 Å². The molecule has 0 aliphatic carbocycles. The van der Waals surface area contributed by atoms with Gasteiger partial charge in [-0.25, -0.2) is 5.43 Å². The maximum Gasteiger partial charge on any atom is 0.274 e. The zero-order valence-electron chi connectivity index (χ0n) is 7.17. The lowest BCUT2D eigenvalue weighted by Gasteiger charge is -2.02. The fourth-order valence-electron chi connectivity index (χ4n) is 0.939. The number of rotatable bonds is 2. The third-order valence-electron chi connectivity index (χ3n) is 1.49. The van der Waals surface area contributed by atoms with Crippen molar-refractivity contribution in [2.75, 3.05) is 12.5 Å². The van der Waals surface area contributed by atoms with E-state index in [1.54, 1.807) is 23.5 Å². The smallest absolute Gasteiger partial charge is 0.267 e. The quantitative estimate of drug-likeness (QED) is 0.689. The van der Waals surface area contributed by atoms with Gasteiger partial charge in [-0.2, -0.15) is 5.10 Å². The zero-order valence-corrected chi connectivity index (χ0v) is 8.80. The largest absolute Gasteiger partial charge is 0.274 e. The predicted octanol–water partition coefficient (Wildman–Crippen LogP) is 1.43. The molecule has 0 unspecified atom stereocenters. The number of nitrogens with zero attached hydrogens (tertiary/aromatic N) is 1. The molecule has 1 rings (SSSR count). The number of amides is 1. The summed E-state index contributed by atoms with van der Waals surface area (Å²) in [6.45, 7) is 1.83. The van der Waals surface area contributed by atoms with Gasteiger partial charge < -0.3 is 0 Å². The Morgan fingerprint density at radius 1 is 1.42 bits per heavy atom. The van der Waals surface area contributed by atoms with Crippen molar-refractivity contribution >= 4 is 35.1 Å². The van der Waals surface area contributed by atoms with Crippen LogP contribution in [0.5, 0.6) is 0 Å². The van der Waals surface area contributed by atoms with E-state index in [4.69, 9.17) is 0 Å². The lowest BCUT2D eigenvalue weighted by atomic mass is 10.2. The molecule has 0 aromatic carbocycles. The normalized spacial score (nSPS) is 16.1. The molecule has 3 nitrogen and oxygen atoms in total. The molecule has 0 fully saturated rings. The standard InChI is InChI=1S/C7H10N2OS2/c1-4-5(6(10)9-8-4)7(11-2)12-3/h1-3H3,(H,9,10). The van der Waals surface area contributed by atoms with Crippen LogP contribution >= 0.6 is 23.5 Å². The molecular formula is C7H10N2OS2. The molecule has 0 bridgehead atoms. The molecule has 66 valence electrons. The molecule has 1 aliphatic heterocycles. The molecule has 1 N–H and O–H groups in total. The van der Waals surface area contributed by atoms with Gasteiger partial charge >= 0.3 is 0 Å². The Kier molecular flexibility index (Phi) is 3.22. The molecule has 0 aromatic rings. The van der Waals surface area contributed by atoms with Crippen molar-refractivity contribution in [1.82, 2.24) is 5.43 Å². The Morgan fingerprint density at radius 3 is 2.33 bits per heavy atom. The van der Waals surface area contributed by atoms with Crippen LogP contribution in [0.25, 0.3) is 0 Å². The van der Waals surface area contributed by atoms with E-state index in [1.807, 2.05) is 19.4 Å². The number of hydrogen-bond donors (Lipinski definition) is 1. The monoisotopic (exact) mass is 202 g/mol. The van der Waals surface area contributed by atoms with Crippen molar-refractivity contribution in [3.63, 3.8) is 0 Å². The lowest BCUT2D eigenvalue weighted by molar-refractivity contribution is -0.116. The summed E-state index contributed by atoms with van der Waals surface area (Å²) in [5, 5.41) is 3.85. The molecule has 0 saturated carbocycles. The number of nitrogens with one attached hydrogen (secondary N) is 1. The molecule has 0 atom stereocenters. The van der Waals surface area contributed by atoms with E-state index in [0.717, 1.165) is 15.5 Å². The molecule has 0 spiro atoms. The molecule has 0 aromatic heterocycles. The van der Waals surface area contributed by atoms with Gasteiger partial charge in [0, 0.05) is 0 Å². The van der Waals surface area contributed by atoms with Gasteiger partial charge in [-0.15, -0.1) is 23.5 Å². The summed E-state index contributed by atoms with van der Waals surface area (Å²) >= 11 is 3.15. The van der Waals surface area contributed by atoms with E-state index < -0.39 is 0 Å². The second-order valence-electron chi connectivity index (χ2n) is 2.21. The third kappa shape index (κ3) is 1.67. The minimum Gasteiger partial charge on any atom is -0.267 e. The van der Waals surface area contributed by atoms with E-state index >= 15 is 0 Å². The lowest BCUT2D eigenvalue weighted by Crippen LogP contribution is -2.13. The van der Waals surface area contributed by atoms with Crippen LogP contribution in [-0.4, -0.2) is 24.1 Å². The van der Waals surface area contributed by atoms with E-state index in [0.29, 0.717) is 0 Å². The summed E-state index contributed by atoms with van der Waals surface area (Å²) < 4.78 is 1.02. The van der Waals surface area contributed by atoms with Crippen molar-refractivity contribution in [3.8, 4) is 0 Å². The molecule has 1 aliphatic rings. The highest BCUT2D eigenvalue weighted by molar-refractivity contribution is 8.21. The van der Waals surface area contributed by atoms with Gasteiger partial charge in [-0.1, -0.05) is 0 Å². The SMILES string of the molecule is CSC(SC)=C1C(=O)NN=C1C. The highest BCUT2D eigenvalue weighted by atomic mass is 32.2. The predicted molar refractivity (Wildman–Crippen MR) is 55.3 cm³/mol. The minimum absolute atomic E-state index is 0.0915. The fraction of sp³-hybridized carbons (Fsp3) is 0.429. The van der Waals surface area contributed by atoms with Crippen molar-refractivity contribution in [2.24, 2.45) is 5.10 Å². The van der Waals surface area contributed by atoms with Gasteiger partial charge in [0.1, 0.15) is 0 Å². The fourth-order valence-corrected chi connectivity index (χ4v) is 2.49. The summed E-state index contributed by atoms with van der Waals surface area (Å²) in [6.07, 6.45) is 3.91. The minimum atomic E-state index is -0.0915. The van der Waals surface area contributed by atoms with Crippen LogP contribution < -0.4 is 5.43 Å². The maximum absolute atomic E-state index is 11.2. The van der Waals surface area contributed by atoms with Crippen LogP contribution in [-0.2, 0) is 4.79 Å². The summed E-state index contributed by atoms with van der Waals surface area (Å²) in [5.41, 5.74) is 3.93. The molecule has 1 amide bonds. The van der Waals surface area contributed by atoms with Gasteiger partial charge in [0.25, 0.3) is 5.91 Å². The first-order valence-electron chi connectivity index (χ1n) is 3.38. The Balaban J connectivity index is 3.05.